The quantitative estimate of drug-likeness (QED) is 0.581. The van der Waals surface area contributed by atoms with Crippen LogP contribution in [0.15, 0.2) is 12.4 Å². The third-order valence-corrected chi connectivity index (χ3v) is 1.54. The molecule has 0 aromatic carbocycles. The molecule has 1 rings (SSSR count). The highest BCUT2D eigenvalue weighted by molar-refractivity contribution is 5.00. The molecule has 0 aliphatic heterocycles. The molecule has 0 fully saturated rings. The third kappa shape index (κ3) is 1.84. The second-order valence-electron chi connectivity index (χ2n) is 2.25. The smallest absolute Gasteiger partial charge is 0.109 e. The molecule has 1 heterocycles. The zero-order valence-corrected chi connectivity index (χ0v) is 6.96. The molecular formula is C9H12N2. The van der Waals surface area contributed by atoms with Crippen molar-refractivity contribution in [3.05, 3.63) is 18.2 Å². The molecule has 11 heavy (non-hydrogen) atoms. The van der Waals surface area contributed by atoms with E-state index in [4.69, 9.17) is 0 Å². The van der Waals surface area contributed by atoms with Gasteiger partial charge in [0, 0.05) is 18.8 Å². The highest BCUT2D eigenvalue weighted by atomic mass is 15.0. The average Bonchev–Trinajstić information content (AvgIpc) is 2.47. The molecule has 0 unspecified atom stereocenters. The van der Waals surface area contributed by atoms with Gasteiger partial charge in [-0.15, -0.1) is 5.92 Å². The number of rotatable bonds is 2. The summed E-state index contributed by atoms with van der Waals surface area (Å²) in [6, 6.07) is 0. The maximum Gasteiger partial charge on any atom is 0.109 e. The summed E-state index contributed by atoms with van der Waals surface area (Å²) >= 11 is 0. The Balaban J connectivity index is 2.73. The number of aromatic nitrogens is 2. The second kappa shape index (κ2) is 3.82. The van der Waals surface area contributed by atoms with Gasteiger partial charge >= 0.3 is 0 Å². The van der Waals surface area contributed by atoms with Crippen molar-refractivity contribution in [1.29, 1.82) is 0 Å². The molecule has 1 aromatic rings. The van der Waals surface area contributed by atoms with E-state index in [1.807, 2.05) is 19.3 Å². The van der Waals surface area contributed by atoms with E-state index in [9.17, 15) is 0 Å². The fraction of sp³-hybridized carbons (Fsp3) is 0.444. The fourth-order valence-corrected chi connectivity index (χ4v) is 0.963. The first kappa shape index (κ1) is 7.87. The van der Waals surface area contributed by atoms with Crippen molar-refractivity contribution in [2.24, 2.45) is 0 Å². The van der Waals surface area contributed by atoms with Crippen LogP contribution in [-0.2, 0) is 13.0 Å². The molecule has 0 atom stereocenters. The van der Waals surface area contributed by atoms with E-state index in [2.05, 4.69) is 28.3 Å². The van der Waals surface area contributed by atoms with Crippen LogP contribution in [0.4, 0.5) is 0 Å². The van der Waals surface area contributed by atoms with Crippen molar-refractivity contribution in [2.75, 3.05) is 0 Å². The predicted octanol–water partition coefficient (Wildman–Crippen LogP) is 1.47. The van der Waals surface area contributed by atoms with Crippen LogP contribution in [0.2, 0.25) is 0 Å². The van der Waals surface area contributed by atoms with E-state index in [1.165, 1.54) is 0 Å². The van der Waals surface area contributed by atoms with Gasteiger partial charge in [-0.25, -0.2) is 4.98 Å². The highest BCUT2D eigenvalue weighted by Crippen LogP contribution is 1.96. The summed E-state index contributed by atoms with van der Waals surface area (Å²) in [5, 5.41) is 0. The number of nitrogens with zero attached hydrogens (tertiary/aromatic N) is 2. The van der Waals surface area contributed by atoms with Crippen molar-refractivity contribution in [2.45, 2.75) is 26.8 Å². The molecule has 0 amide bonds. The largest absolute Gasteiger partial charge is 0.323 e. The molecule has 0 saturated carbocycles. The van der Waals surface area contributed by atoms with Gasteiger partial charge in [-0.1, -0.05) is 12.8 Å². The summed E-state index contributed by atoms with van der Waals surface area (Å²) in [5.74, 6) is 6.96. The molecule has 0 radical (unpaired) electrons. The van der Waals surface area contributed by atoms with Gasteiger partial charge in [-0.05, 0) is 6.92 Å². The fourth-order valence-electron chi connectivity index (χ4n) is 0.963. The minimum absolute atomic E-state index is 0.764. The topological polar surface area (TPSA) is 17.8 Å². The Labute approximate surface area is 67.3 Å². The molecule has 2 heteroatoms. The summed E-state index contributed by atoms with van der Waals surface area (Å²) in [7, 11) is 0. The van der Waals surface area contributed by atoms with E-state index in [-0.39, 0.29) is 0 Å². The maximum absolute atomic E-state index is 4.18. The molecule has 1 aromatic heterocycles. The molecule has 0 aliphatic carbocycles. The summed E-state index contributed by atoms with van der Waals surface area (Å²) in [5.41, 5.74) is 0. The lowest BCUT2D eigenvalue weighted by molar-refractivity contribution is 0.760. The van der Waals surface area contributed by atoms with Gasteiger partial charge in [0.05, 0.1) is 6.54 Å². The highest BCUT2D eigenvalue weighted by Gasteiger charge is 1.95. The minimum atomic E-state index is 0.764. The van der Waals surface area contributed by atoms with Gasteiger partial charge in [0.25, 0.3) is 0 Å². The lowest BCUT2D eigenvalue weighted by Gasteiger charge is -1.98. The van der Waals surface area contributed by atoms with E-state index >= 15 is 0 Å². The first-order valence-corrected chi connectivity index (χ1v) is 3.78. The van der Waals surface area contributed by atoms with E-state index in [0.29, 0.717) is 0 Å². The molecule has 58 valence electrons. The molecule has 2 nitrogen and oxygen atoms in total. The van der Waals surface area contributed by atoms with Crippen LogP contribution in [-0.4, -0.2) is 9.55 Å². The normalized spacial score (nSPS) is 8.91. The van der Waals surface area contributed by atoms with Crippen molar-refractivity contribution in [1.82, 2.24) is 9.55 Å². The second-order valence-corrected chi connectivity index (χ2v) is 2.25. The summed E-state index contributed by atoms with van der Waals surface area (Å²) in [6.07, 6.45) is 4.75. The zero-order chi connectivity index (χ0) is 8.10. The van der Waals surface area contributed by atoms with Crippen LogP contribution in [0, 0.1) is 11.8 Å². The molecule has 0 aliphatic rings. The van der Waals surface area contributed by atoms with Crippen molar-refractivity contribution >= 4 is 0 Å². The monoisotopic (exact) mass is 148 g/mol. The molecule has 0 N–H and O–H groups in total. The van der Waals surface area contributed by atoms with Crippen LogP contribution >= 0.6 is 0 Å². The lowest BCUT2D eigenvalue weighted by atomic mass is 10.4. The first-order chi connectivity index (χ1) is 5.38. The summed E-state index contributed by atoms with van der Waals surface area (Å²) in [6.45, 7) is 4.71. The van der Waals surface area contributed by atoms with E-state index in [0.717, 1.165) is 18.8 Å². The number of aryl methyl sites for hydroxylation is 1. The lowest BCUT2D eigenvalue weighted by Crippen LogP contribution is -1.99. The van der Waals surface area contributed by atoms with Gasteiger partial charge < -0.3 is 4.57 Å². The van der Waals surface area contributed by atoms with Crippen LogP contribution in [0.1, 0.15) is 19.7 Å². The van der Waals surface area contributed by atoms with Crippen LogP contribution in [0.25, 0.3) is 0 Å². The first-order valence-electron chi connectivity index (χ1n) is 3.78. The van der Waals surface area contributed by atoms with Gasteiger partial charge in [0.1, 0.15) is 5.82 Å². The number of hydrogen-bond donors (Lipinski definition) is 0. The number of hydrogen-bond acceptors (Lipinski definition) is 1. The van der Waals surface area contributed by atoms with Gasteiger partial charge in [0.15, 0.2) is 0 Å². The minimum Gasteiger partial charge on any atom is -0.323 e. The predicted molar refractivity (Wildman–Crippen MR) is 45.1 cm³/mol. The molecule has 0 saturated heterocycles. The molecule has 0 spiro atoms. The van der Waals surface area contributed by atoms with Crippen molar-refractivity contribution in [3.8, 4) is 11.8 Å². The Kier molecular flexibility index (Phi) is 2.74. The Morgan fingerprint density at radius 2 is 2.45 bits per heavy atom. The van der Waals surface area contributed by atoms with E-state index in [1.54, 1.807) is 0 Å². The van der Waals surface area contributed by atoms with Gasteiger partial charge in [-0.3, -0.25) is 0 Å². The molecular weight excluding hydrogens is 136 g/mol. The standard InChI is InChI=1S/C9H12N2/c1-3-5-7-11-8-6-10-9(11)4-2/h6,8H,4,7H2,1-2H3. The number of imidazole rings is 1. The van der Waals surface area contributed by atoms with Crippen LogP contribution < -0.4 is 0 Å². The van der Waals surface area contributed by atoms with Gasteiger partial charge in [-0.2, -0.15) is 0 Å². The Morgan fingerprint density at radius 3 is 3.09 bits per heavy atom. The Morgan fingerprint density at radius 1 is 1.64 bits per heavy atom. The summed E-state index contributed by atoms with van der Waals surface area (Å²) < 4.78 is 2.07. The van der Waals surface area contributed by atoms with E-state index < -0.39 is 0 Å². The Bertz CT molecular complexity index is 275. The van der Waals surface area contributed by atoms with Crippen molar-refractivity contribution < 1.29 is 0 Å². The zero-order valence-electron chi connectivity index (χ0n) is 6.96. The average molecular weight is 148 g/mol. The van der Waals surface area contributed by atoms with Crippen LogP contribution in [0.5, 0.6) is 0 Å². The summed E-state index contributed by atoms with van der Waals surface area (Å²) in [4.78, 5) is 4.18. The van der Waals surface area contributed by atoms with Gasteiger partial charge in [0.2, 0.25) is 0 Å². The Hall–Kier alpha value is -1.23. The maximum atomic E-state index is 4.18. The van der Waals surface area contributed by atoms with Crippen LogP contribution in [0.3, 0.4) is 0 Å². The SMILES string of the molecule is CC#CCn1ccnc1CC. The molecule has 0 bridgehead atoms. The van der Waals surface area contributed by atoms with Crippen molar-refractivity contribution in [3.63, 3.8) is 0 Å². The third-order valence-electron chi connectivity index (χ3n) is 1.54.